The number of benzene rings is 2. The number of hydrogen-bond acceptors (Lipinski definition) is 3. The summed E-state index contributed by atoms with van der Waals surface area (Å²) in [7, 11) is 1.62. The van der Waals surface area contributed by atoms with Gasteiger partial charge in [0, 0.05) is 13.1 Å². The lowest BCUT2D eigenvalue weighted by molar-refractivity contribution is -0.139. The Bertz CT molecular complexity index is 694. The topological polar surface area (TPSA) is 67.4 Å². The Morgan fingerprint density at radius 3 is 2.00 bits per heavy atom. The Morgan fingerprint density at radius 1 is 0.840 bits per heavy atom. The Balaban J connectivity index is 1.71. The molecule has 2 amide bonds. The maximum atomic E-state index is 11.8. The summed E-state index contributed by atoms with van der Waals surface area (Å²) in [4.78, 5) is 23.6. The van der Waals surface area contributed by atoms with Gasteiger partial charge >= 0.3 is 11.8 Å². The van der Waals surface area contributed by atoms with Gasteiger partial charge in [0.2, 0.25) is 0 Å². The third-order valence-corrected chi connectivity index (χ3v) is 3.95. The van der Waals surface area contributed by atoms with E-state index in [1.54, 1.807) is 7.11 Å². The summed E-state index contributed by atoms with van der Waals surface area (Å²) in [6, 6.07) is 15.6. The van der Waals surface area contributed by atoms with E-state index in [0.29, 0.717) is 19.5 Å². The van der Waals surface area contributed by atoms with Crippen LogP contribution in [0.15, 0.2) is 48.5 Å². The average Bonchev–Trinajstić information content (AvgIpc) is 2.66. The Kier molecular flexibility index (Phi) is 7.01. The van der Waals surface area contributed by atoms with Gasteiger partial charge in [0.15, 0.2) is 0 Å². The van der Waals surface area contributed by atoms with E-state index in [0.717, 1.165) is 23.3 Å². The quantitative estimate of drug-likeness (QED) is 0.760. The molecule has 0 atom stereocenters. The molecule has 5 nitrogen and oxygen atoms in total. The van der Waals surface area contributed by atoms with Crippen molar-refractivity contribution in [1.82, 2.24) is 10.6 Å². The van der Waals surface area contributed by atoms with Crippen LogP contribution in [0, 0.1) is 0 Å². The highest BCUT2D eigenvalue weighted by Crippen LogP contribution is 2.11. The molecule has 0 saturated heterocycles. The van der Waals surface area contributed by atoms with Gasteiger partial charge in [-0.3, -0.25) is 9.59 Å². The largest absolute Gasteiger partial charge is 0.497 e. The maximum absolute atomic E-state index is 11.8. The molecule has 5 heteroatoms. The molecule has 0 bridgehead atoms. The van der Waals surface area contributed by atoms with Crippen LogP contribution in [0.4, 0.5) is 0 Å². The molecule has 0 aliphatic heterocycles. The van der Waals surface area contributed by atoms with Crippen molar-refractivity contribution in [1.29, 1.82) is 0 Å². The molecule has 2 rings (SSSR count). The molecule has 0 unspecified atom stereocenters. The predicted molar refractivity (Wildman–Crippen MR) is 97.4 cm³/mol. The molecular formula is C20H24N2O3. The number of carbonyl (C=O) groups is 2. The predicted octanol–water partition coefficient (Wildman–Crippen LogP) is 2.23. The summed E-state index contributed by atoms with van der Waals surface area (Å²) in [6.45, 7) is 2.84. The molecule has 132 valence electrons. The summed E-state index contributed by atoms with van der Waals surface area (Å²) in [5.41, 5.74) is 3.28. The standard InChI is InChI=1S/C20H24N2O3/c1-3-15-4-6-17(7-5-15)14-22-20(24)19(23)21-13-12-16-8-10-18(25-2)11-9-16/h4-11H,3,12-14H2,1-2H3,(H,21,23)(H,22,24). The fourth-order valence-corrected chi connectivity index (χ4v) is 2.35. The van der Waals surface area contributed by atoms with Crippen LogP contribution >= 0.6 is 0 Å². The molecule has 2 aromatic rings. The molecule has 0 fully saturated rings. The van der Waals surface area contributed by atoms with E-state index in [2.05, 4.69) is 17.6 Å². The monoisotopic (exact) mass is 340 g/mol. The first-order chi connectivity index (χ1) is 12.1. The van der Waals surface area contributed by atoms with Crippen LogP contribution < -0.4 is 15.4 Å². The Morgan fingerprint density at radius 2 is 1.40 bits per heavy atom. The van der Waals surface area contributed by atoms with Gasteiger partial charge in [-0.05, 0) is 41.7 Å². The number of methoxy groups -OCH3 is 1. The van der Waals surface area contributed by atoms with E-state index in [-0.39, 0.29) is 0 Å². The van der Waals surface area contributed by atoms with E-state index in [1.807, 2.05) is 48.5 Å². The van der Waals surface area contributed by atoms with Crippen molar-refractivity contribution < 1.29 is 14.3 Å². The van der Waals surface area contributed by atoms with E-state index in [1.165, 1.54) is 5.56 Å². The molecule has 0 heterocycles. The maximum Gasteiger partial charge on any atom is 0.309 e. The smallest absolute Gasteiger partial charge is 0.309 e. The first-order valence-corrected chi connectivity index (χ1v) is 8.39. The van der Waals surface area contributed by atoms with Gasteiger partial charge in [0.05, 0.1) is 7.11 Å². The molecule has 0 saturated carbocycles. The second-order valence-corrected chi connectivity index (χ2v) is 5.71. The van der Waals surface area contributed by atoms with Gasteiger partial charge in [-0.2, -0.15) is 0 Å². The van der Waals surface area contributed by atoms with Crippen LogP contribution in [0.2, 0.25) is 0 Å². The fraction of sp³-hybridized carbons (Fsp3) is 0.300. The molecule has 2 N–H and O–H groups in total. The van der Waals surface area contributed by atoms with Crippen LogP contribution in [-0.2, 0) is 29.0 Å². The van der Waals surface area contributed by atoms with Crippen molar-refractivity contribution in [3.8, 4) is 5.75 Å². The third kappa shape index (κ3) is 5.95. The molecule has 0 aromatic heterocycles. The first-order valence-electron chi connectivity index (χ1n) is 8.39. The van der Waals surface area contributed by atoms with Gasteiger partial charge in [0.1, 0.15) is 5.75 Å². The van der Waals surface area contributed by atoms with E-state index in [4.69, 9.17) is 4.74 Å². The van der Waals surface area contributed by atoms with Crippen LogP contribution in [-0.4, -0.2) is 25.5 Å². The third-order valence-electron chi connectivity index (χ3n) is 3.95. The summed E-state index contributed by atoms with van der Waals surface area (Å²) < 4.78 is 5.10. The van der Waals surface area contributed by atoms with E-state index >= 15 is 0 Å². The minimum atomic E-state index is -0.616. The van der Waals surface area contributed by atoms with Crippen LogP contribution in [0.3, 0.4) is 0 Å². The molecule has 0 aliphatic carbocycles. The fourth-order valence-electron chi connectivity index (χ4n) is 2.35. The summed E-state index contributed by atoms with van der Waals surface area (Å²) in [5.74, 6) is -0.438. The van der Waals surface area contributed by atoms with Gasteiger partial charge in [-0.15, -0.1) is 0 Å². The minimum absolute atomic E-state index is 0.342. The summed E-state index contributed by atoms with van der Waals surface area (Å²) in [6.07, 6.45) is 1.63. The van der Waals surface area contributed by atoms with Crippen molar-refractivity contribution >= 4 is 11.8 Å². The van der Waals surface area contributed by atoms with Crippen molar-refractivity contribution in [2.24, 2.45) is 0 Å². The zero-order chi connectivity index (χ0) is 18.1. The number of nitrogens with one attached hydrogen (secondary N) is 2. The van der Waals surface area contributed by atoms with Gasteiger partial charge < -0.3 is 15.4 Å². The lowest BCUT2D eigenvalue weighted by atomic mass is 10.1. The number of aryl methyl sites for hydroxylation is 1. The van der Waals surface area contributed by atoms with E-state index < -0.39 is 11.8 Å². The molecule has 25 heavy (non-hydrogen) atoms. The van der Waals surface area contributed by atoms with Crippen molar-refractivity contribution in [3.05, 3.63) is 65.2 Å². The normalized spacial score (nSPS) is 10.2. The molecular weight excluding hydrogens is 316 g/mol. The molecule has 0 spiro atoms. The zero-order valence-electron chi connectivity index (χ0n) is 14.7. The van der Waals surface area contributed by atoms with Crippen molar-refractivity contribution in [2.75, 3.05) is 13.7 Å². The summed E-state index contributed by atoms with van der Waals surface area (Å²) >= 11 is 0. The highest BCUT2D eigenvalue weighted by Gasteiger charge is 2.12. The van der Waals surface area contributed by atoms with Gasteiger partial charge in [0.25, 0.3) is 0 Å². The number of ether oxygens (including phenoxy) is 1. The SMILES string of the molecule is CCc1ccc(CNC(=O)C(=O)NCCc2ccc(OC)cc2)cc1. The lowest BCUT2D eigenvalue weighted by Crippen LogP contribution is -2.40. The molecule has 0 aliphatic rings. The Labute approximate surface area is 148 Å². The summed E-state index contributed by atoms with van der Waals surface area (Å²) in [5, 5.41) is 5.26. The minimum Gasteiger partial charge on any atom is -0.497 e. The second kappa shape index (κ2) is 9.47. The number of carbonyl (C=O) groups excluding carboxylic acids is 2. The van der Waals surface area contributed by atoms with E-state index in [9.17, 15) is 9.59 Å². The van der Waals surface area contributed by atoms with Gasteiger partial charge in [-0.1, -0.05) is 43.3 Å². The van der Waals surface area contributed by atoms with Crippen molar-refractivity contribution in [3.63, 3.8) is 0 Å². The first kappa shape index (κ1) is 18.5. The van der Waals surface area contributed by atoms with Crippen LogP contribution in [0.1, 0.15) is 23.6 Å². The number of hydrogen-bond donors (Lipinski definition) is 2. The molecule has 0 radical (unpaired) electrons. The average molecular weight is 340 g/mol. The number of rotatable bonds is 7. The van der Waals surface area contributed by atoms with Crippen LogP contribution in [0.5, 0.6) is 5.75 Å². The highest BCUT2D eigenvalue weighted by molar-refractivity contribution is 6.35. The highest BCUT2D eigenvalue weighted by atomic mass is 16.5. The Hall–Kier alpha value is -2.82. The van der Waals surface area contributed by atoms with Crippen LogP contribution in [0.25, 0.3) is 0 Å². The van der Waals surface area contributed by atoms with Crippen molar-refractivity contribution in [2.45, 2.75) is 26.3 Å². The number of amides is 2. The lowest BCUT2D eigenvalue weighted by Gasteiger charge is -2.08. The van der Waals surface area contributed by atoms with Gasteiger partial charge in [-0.25, -0.2) is 0 Å². The zero-order valence-corrected chi connectivity index (χ0v) is 14.7. The second-order valence-electron chi connectivity index (χ2n) is 5.71. The molecule has 2 aromatic carbocycles.